The highest BCUT2D eigenvalue weighted by Gasteiger charge is 2.22. The molecule has 20 heavy (non-hydrogen) atoms. The topological polar surface area (TPSA) is 59.5 Å². The number of nitrogens with one attached hydrogen (secondary N) is 2. The zero-order chi connectivity index (χ0) is 14.1. The van der Waals surface area contributed by atoms with Gasteiger partial charge in [0.25, 0.3) is 5.78 Å². The molecule has 108 valence electrons. The van der Waals surface area contributed by atoms with E-state index < -0.39 is 0 Å². The molecular weight excluding hydrogens is 252 g/mol. The molecule has 2 aromatic rings. The predicted octanol–water partition coefficient (Wildman–Crippen LogP) is -0.194. The van der Waals surface area contributed by atoms with Crippen molar-refractivity contribution < 1.29 is 4.90 Å². The number of quaternary nitrogens is 1. The van der Waals surface area contributed by atoms with Gasteiger partial charge in [0, 0.05) is 5.56 Å². The summed E-state index contributed by atoms with van der Waals surface area (Å²) in [7, 11) is 4.33. The molecule has 0 aliphatic heterocycles. The Morgan fingerprint density at radius 2 is 2.30 bits per heavy atom. The Morgan fingerprint density at radius 3 is 3.10 bits per heavy atom. The van der Waals surface area contributed by atoms with Crippen LogP contribution in [0.5, 0.6) is 0 Å². The number of likely N-dealkylation sites (N-methyl/N-ethyl adjacent to an activating group) is 1. The third kappa shape index (κ3) is 2.47. The molecule has 3 rings (SSSR count). The van der Waals surface area contributed by atoms with Gasteiger partial charge in [0.1, 0.15) is 12.1 Å². The molecule has 6 nitrogen and oxygen atoms in total. The number of hydrogen-bond donors (Lipinski definition) is 2. The summed E-state index contributed by atoms with van der Waals surface area (Å²) < 4.78 is 1.85. The highest BCUT2D eigenvalue weighted by Crippen LogP contribution is 2.29. The summed E-state index contributed by atoms with van der Waals surface area (Å²) in [5.41, 5.74) is 2.53. The quantitative estimate of drug-likeness (QED) is 0.812. The maximum Gasteiger partial charge on any atom is 0.254 e. The van der Waals surface area contributed by atoms with E-state index in [9.17, 15) is 0 Å². The lowest BCUT2D eigenvalue weighted by Crippen LogP contribution is -3.06. The fraction of sp³-hybridized carbons (Fsp3) is 0.643. The number of hydrogen-bond acceptors (Lipinski definition) is 4. The van der Waals surface area contributed by atoms with E-state index in [4.69, 9.17) is 0 Å². The van der Waals surface area contributed by atoms with Gasteiger partial charge in [-0.1, -0.05) is 6.92 Å². The fourth-order valence-electron chi connectivity index (χ4n) is 2.79. The normalized spacial score (nSPS) is 18.5. The van der Waals surface area contributed by atoms with Crippen molar-refractivity contribution in [3.8, 4) is 0 Å². The minimum absolute atomic E-state index is 0.706. The zero-order valence-electron chi connectivity index (χ0n) is 12.5. The second kappa shape index (κ2) is 5.36. The van der Waals surface area contributed by atoms with E-state index in [1.807, 2.05) is 4.52 Å². The lowest BCUT2D eigenvalue weighted by molar-refractivity contribution is -0.856. The minimum Gasteiger partial charge on any atom is -0.364 e. The van der Waals surface area contributed by atoms with Crippen molar-refractivity contribution in [3.63, 3.8) is 0 Å². The number of rotatable bonds is 4. The Hall–Kier alpha value is -1.69. The second-order valence-electron chi connectivity index (χ2n) is 6.09. The monoisotopic (exact) mass is 275 g/mol. The summed E-state index contributed by atoms with van der Waals surface area (Å²) in [6, 6.07) is 0. The Bertz CT molecular complexity index is 603. The average Bonchev–Trinajstić information content (AvgIpc) is 2.85. The molecule has 0 bridgehead atoms. The summed E-state index contributed by atoms with van der Waals surface area (Å²) in [4.78, 5) is 10.4. The fourth-order valence-corrected chi connectivity index (χ4v) is 2.79. The molecule has 0 aromatic carbocycles. The van der Waals surface area contributed by atoms with Gasteiger partial charge < -0.3 is 10.2 Å². The van der Waals surface area contributed by atoms with Gasteiger partial charge in [-0.3, -0.25) is 0 Å². The molecule has 0 spiro atoms. The molecule has 0 saturated carbocycles. The van der Waals surface area contributed by atoms with Crippen molar-refractivity contribution in [2.45, 2.75) is 26.2 Å². The van der Waals surface area contributed by atoms with Gasteiger partial charge in [0.15, 0.2) is 0 Å². The summed E-state index contributed by atoms with van der Waals surface area (Å²) >= 11 is 0. The Labute approximate surface area is 119 Å². The van der Waals surface area contributed by atoms with E-state index in [1.54, 1.807) is 6.33 Å². The first kappa shape index (κ1) is 13.3. The molecule has 0 unspecified atom stereocenters. The van der Waals surface area contributed by atoms with Gasteiger partial charge in [0.05, 0.1) is 32.9 Å². The van der Waals surface area contributed by atoms with Crippen LogP contribution in [-0.2, 0) is 12.8 Å². The van der Waals surface area contributed by atoms with E-state index in [-0.39, 0.29) is 0 Å². The molecule has 0 fully saturated rings. The molecule has 0 amide bonds. The van der Waals surface area contributed by atoms with Crippen LogP contribution in [0.25, 0.3) is 5.78 Å². The van der Waals surface area contributed by atoms with E-state index in [0.29, 0.717) is 11.7 Å². The first-order chi connectivity index (χ1) is 9.65. The number of nitrogens with zero attached hydrogens (tertiary/aromatic N) is 4. The molecule has 0 radical (unpaired) electrons. The van der Waals surface area contributed by atoms with Gasteiger partial charge >= 0.3 is 0 Å². The lowest BCUT2D eigenvalue weighted by Gasteiger charge is -2.23. The lowest BCUT2D eigenvalue weighted by atomic mass is 9.88. The number of aromatic nitrogens is 4. The molecule has 2 aromatic heterocycles. The Kier molecular flexibility index (Phi) is 3.56. The standard InChI is InChI=1S/C14H22N6/c1-10-4-5-11-12(8-10)18-14-16-9-17-20(14)13(11)15-6-7-19(2)3/h9-10,15H,4-8H2,1-3H3/p+1/t10-/m1/s1. The average molecular weight is 275 g/mol. The first-order valence-corrected chi connectivity index (χ1v) is 7.39. The predicted molar refractivity (Wildman–Crippen MR) is 78.1 cm³/mol. The van der Waals surface area contributed by atoms with Crippen LogP contribution in [0.15, 0.2) is 6.33 Å². The SMILES string of the molecule is C[C@@H]1CCc2c(nc3ncnn3c2NCC[NH+](C)C)C1. The molecule has 0 saturated heterocycles. The van der Waals surface area contributed by atoms with Crippen molar-refractivity contribution in [2.24, 2.45) is 5.92 Å². The van der Waals surface area contributed by atoms with E-state index >= 15 is 0 Å². The molecule has 2 heterocycles. The van der Waals surface area contributed by atoms with Gasteiger partial charge in [-0.2, -0.15) is 14.6 Å². The van der Waals surface area contributed by atoms with Crippen LogP contribution < -0.4 is 10.2 Å². The number of fused-ring (bicyclic) bond motifs is 2. The second-order valence-corrected chi connectivity index (χ2v) is 6.09. The smallest absolute Gasteiger partial charge is 0.254 e. The summed E-state index contributed by atoms with van der Waals surface area (Å²) in [6.07, 6.45) is 4.94. The third-order valence-electron chi connectivity index (χ3n) is 3.96. The van der Waals surface area contributed by atoms with Crippen molar-refractivity contribution in [2.75, 3.05) is 32.5 Å². The van der Waals surface area contributed by atoms with Crippen molar-refractivity contribution in [1.82, 2.24) is 19.6 Å². The third-order valence-corrected chi connectivity index (χ3v) is 3.96. The maximum atomic E-state index is 4.67. The molecule has 1 atom stereocenters. The van der Waals surface area contributed by atoms with Crippen LogP contribution in [0.3, 0.4) is 0 Å². The molecule has 1 aliphatic rings. The van der Waals surface area contributed by atoms with Crippen molar-refractivity contribution in [3.05, 3.63) is 17.6 Å². The van der Waals surface area contributed by atoms with Crippen molar-refractivity contribution in [1.29, 1.82) is 0 Å². The zero-order valence-corrected chi connectivity index (χ0v) is 12.5. The van der Waals surface area contributed by atoms with Gasteiger partial charge in [0.2, 0.25) is 0 Å². The summed E-state index contributed by atoms with van der Waals surface area (Å²) in [5, 5.41) is 7.87. The summed E-state index contributed by atoms with van der Waals surface area (Å²) in [5.74, 6) is 2.51. The highest BCUT2D eigenvalue weighted by molar-refractivity contribution is 5.53. The van der Waals surface area contributed by atoms with Crippen LogP contribution in [-0.4, -0.2) is 46.8 Å². The Morgan fingerprint density at radius 1 is 1.45 bits per heavy atom. The summed E-state index contributed by atoms with van der Waals surface area (Å²) in [6.45, 7) is 4.30. The van der Waals surface area contributed by atoms with E-state index in [2.05, 4.69) is 41.4 Å². The van der Waals surface area contributed by atoms with Crippen LogP contribution in [0.2, 0.25) is 0 Å². The van der Waals surface area contributed by atoms with Crippen molar-refractivity contribution >= 4 is 11.6 Å². The van der Waals surface area contributed by atoms with Crippen LogP contribution in [0, 0.1) is 5.92 Å². The van der Waals surface area contributed by atoms with Crippen LogP contribution in [0.1, 0.15) is 24.6 Å². The molecular formula is C14H23N6+. The minimum atomic E-state index is 0.706. The van der Waals surface area contributed by atoms with Gasteiger partial charge in [-0.25, -0.2) is 4.98 Å². The maximum absolute atomic E-state index is 4.67. The molecule has 2 N–H and O–H groups in total. The van der Waals surface area contributed by atoms with Crippen LogP contribution >= 0.6 is 0 Å². The van der Waals surface area contributed by atoms with E-state index in [1.165, 1.54) is 22.6 Å². The van der Waals surface area contributed by atoms with Gasteiger partial charge in [-0.15, -0.1) is 0 Å². The largest absolute Gasteiger partial charge is 0.364 e. The Balaban J connectivity index is 1.97. The molecule has 6 heteroatoms. The molecule has 1 aliphatic carbocycles. The van der Waals surface area contributed by atoms with Crippen LogP contribution in [0.4, 0.5) is 5.82 Å². The number of anilines is 1. The van der Waals surface area contributed by atoms with E-state index in [0.717, 1.165) is 31.7 Å². The first-order valence-electron chi connectivity index (χ1n) is 7.39. The highest BCUT2D eigenvalue weighted by atomic mass is 15.4. The van der Waals surface area contributed by atoms with Gasteiger partial charge in [-0.05, 0) is 25.2 Å².